The van der Waals surface area contributed by atoms with Crippen molar-refractivity contribution >= 4 is 27.3 Å². The average molecular weight is 250 g/mol. The van der Waals surface area contributed by atoms with E-state index >= 15 is 0 Å². The Bertz CT molecular complexity index is 431. The number of nitrogens with one attached hydrogen (secondary N) is 1. The van der Waals surface area contributed by atoms with E-state index in [-0.39, 0.29) is 0 Å². The number of aliphatic hydroxyl groups is 1. The molecule has 1 aromatic carbocycles. The van der Waals surface area contributed by atoms with E-state index in [4.69, 9.17) is 11.6 Å². The number of rotatable bonds is 4. The zero-order valence-electron chi connectivity index (χ0n) is 8.14. The maximum Gasteiger partial charge on any atom is 0.246 e. The molecule has 2 N–H and O–H groups in total. The van der Waals surface area contributed by atoms with Crippen LogP contribution in [0.15, 0.2) is 24.3 Å². The number of anilines is 1. The number of hydrogen-bond donors (Lipinski definition) is 2. The van der Waals surface area contributed by atoms with Crippen molar-refractivity contribution in [3.8, 4) is 0 Å². The van der Waals surface area contributed by atoms with E-state index in [2.05, 4.69) is 4.72 Å². The highest BCUT2D eigenvalue weighted by Gasteiger charge is 2.13. The number of alkyl halides is 1. The summed E-state index contributed by atoms with van der Waals surface area (Å²) in [4.78, 5) is 0. The first kappa shape index (κ1) is 12.3. The second-order valence-corrected chi connectivity index (χ2v) is 5.40. The molecule has 0 saturated carbocycles. The van der Waals surface area contributed by atoms with E-state index in [1.165, 1.54) is 0 Å². The van der Waals surface area contributed by atoms with Crippen molar-refractivity contribution in [1.29, 1.82) is 0 Å². The van der Waals surface area contributed by atoms with Crippen LogP contribution < -0.4 is 4.72 Å². The summed E-state index contributed by atoms with van der Waals surface area (Å²) in [5.74, 6) is 0. The molecule has 0 radical (unpaired) electrons. The summed E-state index contributed by atoms with van der Waals surface area (Å²) in [5.41, 5.74) is 0.874. The molecule has 15 heavy (non-hydrogen) atoms. The largest absolute Gasteiger partial charge is 0.389 e. The summed E-state index contributed by atoms with van der Waals surface area (Å²) in [5, 5.41) is 8.89. The molecule has 6 heteroatoms. The maximum absolute atomic E-state index is 11.2. The number of hydrogen-bond acceptors (Lipinski definition) is 3. The normalized spacial score (nSPS) is 13.5. The molecular formula is C9H12ClNO3S. The van der Waals surface area contributed by atoms with Crippen LogP contribution in [0.5, 0.6) is 0 Å². The summed E-state index contributed by atoms with van der Waals surface area (Å²) >= 11 is 5.26. The Morgan fingerprint density at radius 2 is 2.07 bits per heavy atom. The molecule has 1 rings (SSSR count). The van der Waals surface area contributed by atoms with Gasteiger partial charge in [0.1, 0.15) is 5.21 Å². The van der Waals surface area contributed by atoms with Gasteiger partial charge in [0.15, 0.2) is 0 Å². The van der Waals surface area contributed by atoms with Crippen LogP contribution in [0.3, 0.4) is 0 Å². The van der Waals surface area contributed by atoms with E-state index in [9.17, 15) is 13.5 Å². The third kappa shape index (κ3) is 3.37. The van der Waals surface area contributed by atoms with Gasteiger partial charge in [0, 0.05) is 5.56 Å². The average Bonchev–Trinajstić information content (AvgIpc) is 2.18. The second-order valence-electron chi connectivity index (χ2n) is 3.09. The van der Waals surface area contributed by atoms with Crippen LogP contribution >= 0.6 is 11.6 Å². The van der Waals surface area contributed by atoms with Crippen LogP contribution in [-0.4, -0.2) is 18.7 Å². The fourth-order valence-corrected chi connectivity index (χ4v) is 1.89. The quantitative estimate of drug-likeness (QED) is 0.798. The monoisotopic (exact) mass is 249 g/mol. The van der Waals surface area contributed by atoms with E-state index in [1.807, 2.05) is 0 Å². The van der Waals surface area contributed by atoms with Crippen molar-refractivity contribution in [3.05, 3.63) is 29.8 Å². The first-order valence-corrected chi connectivity index (χ1v) is 6.48. The molecule has 0 aromatic heterocycles. The van der Waals surface area contributed by atoms with Crippen molar-refractivity contribution in [1.82, 2.24) is 0 Å². The van der Waals surface area contributed by atoms with Gasteiger partial charge in [-0.3, -0.25) is 4.72 Å². The Balaban J connectivity index is 3.05. The molecule has 0 fully saturated rings. The minimum absolute atomic E-state index is 0.355. The molecule has 0 aliphatic carbocycles. The molecule has 0 spiro atoms. The predicted octanol–water partition coefficient (Wildman–Crippen LogP) is 1.68. The zero-order valence-corrected chi connectivity index (χ0v) is 9.72. The fourth-order valence-electron chi connectivity index (χ4n) is 1.15. The van der Waals surface area contributed by atoms with Crippen LogP contribution in [0.2, 0.25) is 0 Å². The molecule has 1 unspecified atom stereocenters. The van der Waals surface area contributed by atoms with Crippen LogP contribution in [0.25, 0.3) is 0 Å². The molecule has 0 heterocycles. The van der Waals surface area contributed by atoms with Crippen molar-refractivity contribution in [3.63, 3.8) is 0 Å². The van der Waals surface area contributed by atoms with Gasteiger partial charge in [-0.05, 0) is 13.0 Å². The summed E-state index contributed by atoms with van der Waals surface area (Å²) in [6.07, 6.45) is -0.737. The SMILES string of the molecule is CC(O)c1ccccc1NS(=O)(=O)CCl. The summed E-state index contributed by atoms with van der Waals surface area (Å²) in [6.45, 7) is 1.56. The first-order valence-electron chi connectivity index (χ1n) is 4.29. The molecular weight excluding hydrogens is 238 g/mol. The number of halogens is 1. The maximum atomic E-state index is 11.2. The fraction of sp³-hybridized carbons (Fsp3) is 0.333. The molecule has 1 aromatic rings. The highest BCUT2D eigenvalue weighted by atomic mass is 35.5. The Kier molecular flexibility index (Phi) is 3.96. The Labute approximate surface area is 93.9 Å². The van der Waals surface area contributed by atoms with E-state index in [0.717, 1.165) is 0 Å². The van der Waals surface area contributed by atoms with Gasteiger partial charge in [0.05, 0.1) is 11.8 Å². The standard InChI is InChI=1S/C9H12ClNO3S/c1-7(12)8-4-2-3-5-9(8)11-15(13,14)6-10/h2-5,7,11-12H,6H2,1H3. The van der Waals surface area contributed by atoms with Gasteiger partial charge in [-0.25, -0.2) is 8.42 Å². The van der Waals surface area contributed by atoms with E-state index < -0.39 is 21.3 Å². The van der Waals surface area contributed by atoms with Crippen LogP contribution in [0, 0.1) is 0 Å². The molecule has 0 amide bonds. The highest BCUT2D eigenvalue weighted by Crippen LogP contribution is 2.23. The molecule has 1 atom stereocenters. The van der Waals surface area contributed by atoms with Gasteiger partial charge >= 0.3 is 0 Å². The van der Waals surface area contributed by atoms with Crippen molar-refractivity contribution < 1.29 is 13.5 Å². The minimum atomic E-state index is -3.52. The van der Waals surface area contributed by atoms with Crippen LogP contribution in [0.1, 0.15) is 18.6 Å². The lowest BCUT2D eigenvalue weighted by Gasteiger charge is -2.12. The molecule has 0 saturated heterocycles. The Hall–Kier alpha value is -0.780. The third-order valence-corrected chi connectivity index (χ3v) is 3.50. The van der Waals surface area contributed by atoms with Crippen LogP contribution in [0.4, 0.5) is 5.69 Å². The number of para-hydroxylation sites is 1. The van der Waals surface area contributed by atoms with Gasteiger partial charge in [0.25, 0.3) is 0 Å². The predicted molar refractivity (Wildman–Crippen MR) is 60.3 cm³/mol. The van der Waals surface area contributed by atoms with Gasteiger partial charge in [-0.2, -0.15) is 0 Å². The Morgan fingerprint density at radius 3 is 2.60 bits per heavy atom. The van der Waals surface area contributed by atoms with Crippen molar-refractivity contribution in [2.75, 3.05) is 9.93 Å². The smallest absolute Gasteiger partial charge is 0.246 e. The van der Waals surface area contributed by atoms with Crippen molar-refractivity contribution in [2.24, 2.45) is 0 Å². The summed E-state index contributed by atoms with van der Waals surface area (Å²) in [6, 6.07) is 6.63. The molecule has 0 bridgehead atoms. The first-order chi connectivity index (χ1) is 6.96. The zero-order chi connectivity index (χ0) is 11.5. The van der Waals surface area contributed by atoms with Gasteiger partial charge in [0.2, 0.25) is 10.0 Å². The second kappa shape index (κ2) is 4.83. The lowest BCUT2D eigenvalue weighted by atomic mass is 10.1. The Morgan fingerprint density at radius 1 is 1.47 bits per heavy atom. The molecule has 0 aliphatic heterocycles. The van der Waals surface area contributed by atoms with E-state index in [0.29, 0.717) is 11.3 Å². The summed E-state index contributed by atoms with van der Waals surface area (Å²) in [7, 11) is -3.52. The van der Waals surface area contributed by atoms with Gasteiger partial charge in [-0.15, -0.1) is 11.6 Å². The lowest BCUT2D eigenvalue weighted by Crippen LogP contribution is -2.15. The highest BCUT2D eigenvalue weighted by molar-refractivity contribution is 7.93. The van der Waals surface area contributed by atoms with Gasteiger partial charge in [-0.1, -0.05) is 18.2 Å². The number of aliphatic hydroxyl groups excluding tert-OH is 1. The number of benzene rings is 1. The minimum Gasteiger partial charge on any atom is -0.389 e. The van der Waals surface area contributed by atoms with Crippen molar-refractivity contribution in [2.45, 2.75) is 13.0 Å². The molecule has 0 aliphatic rings. The van der Waals surface area contributed by atoms with Gasteiger partial charge < -0.3 is 5.11 Å². The topological polar surface area (TPSA) is 66.4 Å². The third-order valence-electron chi connectivity index (χ3n) is 1.82. The summed E-state index contributed by atoms with van der Waals surface area (Å²) < 4.78 is 24.7. The molecule has 4 nitrogen and oxygen atoms in total. The lowest BCUT2D eigenvalue weighted by molar-refractivity contribution is 0.200. The van der Waals surface area contributed by atoms with Crippen LogP contribution in [-0.2, 0) is 10.0 Å². The molecule has 84 valence electrons. The number of sulfonamides is 1. The van der Waals surface area contributed by atoms with E-state index in [1.54, 1.807) is 31.2 Å².